The van der Waals surface area contributed by atoms with Crippen LogP contribution < -0.4 is 5.84 Å². The number of carbonyl (C=O) groups is 1. The first-order chi connectivity index (χ1) is 5.11. The van der Waals surface area contributed by atoms with Crippen LogP contribution in [0.3, 0.4) is 0 Å². The van der Waals surface area contributed by atoms with Gasteiger partial charge in [0, 0.05) is 0 Å². The topological polar surface area (TPSA) is 55.6 Å². The summed E-state index contributed by atoms with van der Waals surface area (Å²) >= 11 is 0. The third kappa shape index (κ3) is 2.38. The van der Waals surface area contributed by atoms with Crippen molar-refractivity contribution in [2.24, 2.45) is 5.84 Å². The van der Waals surface area contributed by atoms with E-state index in [0.717, 1.165) is 12.8 Å². The van der Waals surface area contributed by atoms with Gasteiger partial charge >= 0.3 is 6.09 Å². The molecule has 1 saturated carbocycles. The van der Waals surface area contributed by atoms with Crippen LogP contribution in [0.1, 0.15) is 26.7 Å². The van der Waals surface area contributed by atoms with Gasteiger partial charge in [0.05, 0.1) is 12.1 Å². The molecular formula is C7H14N2O2. The van der Waals surface area contributed by atoms with Crippen LogP contribution >= 0.6 is 0 Å². The maximum Gasteiger partial charge on any atom is 0.424 e. The fourth-order valence-electron chi connectivity index (χ4n) is 0.764. The van der Waals surface area contributed by atoms with Gasteiger partial charge in [-0.1, -0.05) is 0 Å². The molecule has 1 aliphatic carbocycles. The Bertz CT molecular complexity index is 155. The van der Waals surface area contributed by atoms with Crippen LogP contribution in [0.2, 0.25) is 0 Å². The lowest BCUT2D eigenvalue weighted by Gasteiger charge is -2.16. The van der Waals surface area contributed by atoms with Gasteiger partial charge in [-0.2, -0.15) is 0 Å². The molecule has 0 heterocycles. The predicted octanol–water partition coefficient (Wildman–Crippen LogP) is 0.870. The molecule has 1 amide bonds. The Kier molecular flexibility index (Phi) is 2.34. The number of carbonyl (C=O) groups excluding carboxylic acids is 1. The molecule has 1 fully saturated rings. The van der Waals surface area contributed by atoms with Gasteiger partial charge in [0.2, 0.25) is 0 Å². The molecule has 0 atom stereocenters. The number of rotatable bonds is 2. The summed E-state index contributed by atoms with van der Waals surface area (Å²) in [7, 11) is 0. The zero-order chi connectivity index (χ0) is 8.43. The van der Waals surface area contributed by atoms with Crippen LogP contribution in [0.5, 0.6) is 0 Å². The smallest absolute Gasteiger partial charge is 0.424 e. The number of hydrazine groups is 1. The van der Waals surface area contributed by atoms with E-state index < -0.39 is 6.09 Å². The van der Waals surface area contributed by atoms with Crippen molar-refractivity contribution in [3.8, 4) is 0 Å². The highest BCUT2D eigenvalue weighted by Crippen LogP contribution is 2.24. The zero-order valence-electron chi connectivity index (χ0n) is 6.91. The fourth-order valence-corrected chi connectivity index (χ4v) is 0.764. The second kappa shape index (κ2) is 3.09. The Balaban J connectivity index is 2.27. The Labute approximate surface area is 66.3 Å². The van der Waals surface area contributed by atoms with Gasteiger partial charge in [-0.3, -0.25) is 0 Å². The molecule has 1 rings (SSSR count). The minimum absolute atomic E-state index is 0.0905. The van der Waals surface area contributed by atoms with Gasteiger partial charge in [-0.05, 0) is 26.7 Å². The quantitative estimate of drug-likeness (QED) is 0.368. The van der Waals surface area contributed by atoms with Gasteiger partial charge in [0.25, 0.3) is 0 Å². The van der Waals surface area contributed by atoms with E-state index in [1.54, 1.807) is 13.8 Å². The van der Waals surface area contributed by atoms with Crippen LogP contribution in [-0.2, 0) is 4.74 Å². The van der Waals surface area contributed by atoms with E-state index in [2.05, 4.69) is 0 Å². The molecule has 1 aliphatic rings. The summed E-state index contributed by atoms with van der Waals surface area (Å²) in [6, 6.07) is 0.223. The first kappa shape index (κ1) is 8.33. The molecule has 4 heteroatoms. The number of hydrogen-bond donors (Lipinski definition) is 1. The van der Waals surface area contributed by atoms with Gasteiger partial charge in [0.15, 0.2) is 0 Å². The van der Waals surface area contributed by atoms with Crippen LogP contribution in [0.25, 0.3) is 0 Å². The van der Waals surface area contributed by atoms with Crippen molar-refractivity contribution in [3.05, 3.63) is 0 Å². The Morgan fingerprint density at radius 3 is 2.55 bits per heavy atom. The predicted molar refractivity (Wildman–Crippen MR) is 40.7 cm³/mol. The standard InChI is InChI=1S/C7H14N2O2/c1-5(2)11-7(10)9(8)6-3-4-6/h5-6H,3-4,8H2,1-2H3. The minimum Gasteiger partial charge on any atom is -0.446 e. The van der Waals surface area contributed by atoms with E-state index in [-0.39, 0.29) is 12.1 Å². The summed E-state index contributed by atoms with van der Waals surface area (Å²) in [5.41, 5.74) is 0. The molecule has 0 spiro atoms. The van der Waals surface area contributed by atoms with E-state index in [9.17, 15) is 4.79 Å². The molecular weight excluding hydrogens is 144 g/mol. The van der Waals surface area contributed by atoms with Crippen molar-refractivity contribution in [2.45, 2.75) is 38.8 Å². The second-order valence-electron chi connectivity index (χ2n) is 3.07. The highest BCUT2D eigenvalue weighted by atomic mass is 16.6. The van der Waals surface area contributed by atoms with Gasteiger partial charge in [0.1, 0.15) is 0 Å². The first-order valence-electron chi connectivity index (χ1n) is 3.86. The van der Waals surface area contributed by atoms with E-state index in [1.165, 1.54) is 5.01 Å². The number of hydrogen-bond acceptors (Lipinski definition) is 3. The molecule has 0 radical (unpaired) electrons. The summed E-state index contributed by atoms with van der Waals surface area (Å²) in [6.45, 7) is 3.61. The van der Waals surface area contributed by atoms with E-state index in [4.69, 9.17) is 10.6 Å². The SMILES string of the molecule is CC(C)OC(=O)N(N)C1CC1. The largest absolute Gasteiger partial charge is 0.446 e. The third-order valence-electron chi connectivity index (χ3n) is 1.49. The Morgan fingerprint density at radius 1 is 1.64 bits per heavy atom. The zero-order valence-corrected chi connectivity index (χ0v) is 6.91. The molecule has 11 heavy (non-hydrogen) atoms. The lowest BCUT2D eigenvalue weighted by molar-refractivity contribution is 0.0745. The molecule has 2 N–H and O–H groups in total. The maximum atomic E-state index is 11.0. The molecule has 0 saturated heterocycles. The van der Waals surface area contributed by atoms with Crippen molar-refractivity contribution >= 4 is 6.09 Å². The number of nitrogens with zero attached hydrogens (tertiary/aromatic N) is 1. The normalized spacial score (nSPS) is 16.7. The Morgan fingerprint density at radius 2 is 2.18 bits per heavy atom. The molecule has 0 aromatic carbocycles. The summed E-state index contributed by atoms with van der Waals surface area (Å²) in [5.74, 6) is 5.43. The molecule has 0 aliphatic heterocycles. The second-order valence-corrected chi connectivity index (χ2v) is 3.07. The lowest BCUT2D eigenvalue weighted by atomic mass is 10.5. The molecule has 64 valence electrons. The molecule has 0 unspecified atom stereocenters. The number of ether oxygens (including phenoxy) is 1. The maximum absolute atomic E-state index is 11.0. The van der Waals surface area contributed by atoms with Crippen molar-refractivity contribution < 1.29 is 9.53 Å². The lowest BCUT2D eigenvalue weighted by Crippen LogP contribution is -2.40. The summed E-state index contributed by atoms with van der Waals surface area (Å²) in [5, 5.41) is 1.18. The highest BCUT2D eigenvalue weighted by molar-refractivity contribution is 5.67. The van der Waals surface area contributed by atoms with Gasteiger partial charge in [-0.15, -0.1) is 0 Å². The van der Waals surface area contributed by atoms with Crippen LogP contribution in [0.4, 0.5) is 4.79 Å². The summed E-state index contributed by atoms with van der Waals surface area (Å²) in [6.07, 6.45) is 1.50. The average molecular weight is 158 g/mol. The fraction of sp³-hybridized carbons (Fsp3) is 0.857. The van der Waals surface area contributed by atoms with E-state index >= 15 is 0 Å². The summed E-state index contributed by atoms with van der Waals surface area (Å²) in [4.78, 5) is 11.0. The van der Waals surface area contributed by atoms with Crippen LogP contribution in [-0.4, -0.2) is 23.2 Å². The van der Waals surface area contributed by atoms with E-state index in [0.29, 0.717) is 0 Å². The first-order valence-corrected chi connectivity index (χ1v) is 3.86. The Hall–Kier alpha value is -0.770. The number of nitrogens with two attached hydrogens (primary N) is 1. The summed E-state index contributed by atoms with van der Waals surface area (Å²) < 4.78 is 4.88. The van der Waals surface area contributed by atoms with Crippen LogP contribution in [0, 0.1) is 0 Å². The molecule has 0 bridgehead atoms. The minimum atomic E-state index is -0.414. The monoisotopic (exact) mass is 158 g/mol. The molecule has 4 nitrogen and oxygen atoms in total. The third-order valence-corrected chi connectivity index (χ3v) is 1.49. The highest BCUT2D eigenvalue weighted by Gasteiger charge is 2.31. The number of amides is 1. The van der Waals surface area contributed by atoms with Crippen molar-refractivity contribution in [1.29, 1.82) is 0 Å². The van der Waals surface area contributed by atoms with Gasteiger partial charge < -0.3 is 4.74 Å². The van der Waals surface area contributed by atoms with Crippen molar-refractivity contribution in [2.75, 3.05) is 0 Å². The molecule has 0 aromatic rings. The average Bonchev–Trinajstić information content (AvgIpc) is 2.65. The van der Waals surface area contributed by atoms with Crippen molar-refractivity contribution in [1.82, 2.24) is 5.01 Å². The molecule has 0 aromatic heterocycles. The van der Waals surface area contributed by atoms with Crippen LogP contribution in [0.15, 0.2) is 0 Å². The van der Waals surface area contributed by atoms with E-state index in [1.807, 2.05) is 0 Å². The van der Waals surface area contributed by atoms with Gasteiger partial charge in [-0.25, -0.2) is 15.6 Å². The van der Waals surface area contributed by atoms with Crippen molar-refractivity contribution in [3.63, 3.8) is 0 Å².